The maximum absolute atomic E-state index is 12.4. The smallest absolute Gasteiger partial charge is 0.335 e. The van der Waals surface area contributed by atoms with Gasteiger partial charge in [0.15, 0.2) is 23.1 Å². The van der Waals surface area contributed by atoms with Crippen molar-refractivity contribution in [2.75, 3.05) is 47.3 Å². The zero-order chi connectivity index (χ0) is 48.5. The van der Waals surface area contributed by atoms with E-state index in [2.05, 4.69) is 11.8 Å². The number of carboxylic acid groups (broad SMARTS) is 2. The lowest BCUT2D eigenvalue weighted by Gasteiger charge is -2.18. The van der Waals surface area contributed by atoms with Crippen LogP contribution in [0.5, 0.6) is 40.2 Å². The molecule has 65 heavy (non-hydrogen) atoms. The van der Waals surface area contributed by atoms with Crippen molar-refractivity contribution in [3.8, 4) is 52.1 Å². The molecule has 350 valence electrons. The molecule has 0 fully saturated rings. The molecule has 0 saturated heterocycles. The van der Waals surface area contributed by atoms with Crippen LogP contribution in [-0.4, -0.2) is 91.2 Å². The van der Waals surface area contributed by atoms with E-state index in [0.717, 1.165) is 0 Å². The fourth-order valence-electron chi connectivity index (χ4n) is 6.16. The number of carbonyl (C=O) groups is 4. The quantitative estimate of drug-likeness (QED) is 0.0370. The van der Waals surface area contributed by atoms with Gasteiger partial charge in [0.05, 0.1) is 61.9 Å². The number of hydrogen-bond acceptors (Lipinski definition) is 12. The standard InChI is InChI=1S/C26H30O6.C25H32O8/c1-17-22(13-11-20(24(17)28)21(27)16-26(2,3)4)32-14-8-6-7-9-18-15-19(25(29)30)10-12-23(18)31-5;1-16-20(9-7-18(23(16)27)19(26)15-25(2,3)4)32-12-10-31-11-13-33-22-14-17(24(28)29)6-8-21(22)30-5/h10-13,15,28H,6,8,14,16H2,1-5H3,(H,29,30);6-9,14,27H,10-13,15H2,1-5H3,(H,28,29). The maximum Gasteiger partial charge on any atom is 0.335 e. The van der Waals surface area contributed by atoms with E-state index in [1.54, 1.807) is 44.2 Å². The highest BCUT2D eigenvalue weighted by Gasteiger charge is 2.23. The minimum Gasteiger partial charge on any atom is -0.507 e. The van der Waals surface area contributed by atoms with Crippen molar-refractivity contribution in [3.05, 3.63) is 99.6 Å². The van der Waals surface area contributed by atoms with Crippen LogP contribution >= 0.6 is 0 Å². The molecule has 0 bridgehead atoms. The van der Waals surface area contributed by atoms with Gasteiger partial charge >= 0.3 is 11.9 Å². The van der Waals surface area contributed by atoms with E-state index in [9.17, 15) is 29.4 Å². The van der Waals surface area contributed by atoms with Crippen molar-refractivity contribution < 1.29 is 68.0 Å². The average molecular weight is 899 g/mol. The van der Waals surface area contributed by atoms with Crippen LogP contribution in [-0.2, 0) is 4.74 Å². The number of rotatable bonds is 20. The Labute approximate surface area is 381 Å². The number of carboxylic acids is 2. The molecule has 4 rings (SSSR count). The molecule has 0 spiro atoms. The van der Waals surface area contributed by atoms with Crippen molar-refractivity contribution in [3.63, 3.8) is 0 Å². The Morgan fingerprint density at radius 3 is 1.45 bits per heavy atom. The second-order valence-electron chi connectivity index (χ2n) is 17.4. The molecule has 0 unspecified atom stereocenters. The molecule has 4 aromatic rings. The van der Waals surface area contributed by atoms with Gasteiger partial charge in [0, 0.05) is 30.4 Å². The van der Waals surface area contributed by atoms with Gasteiger partial charge in [0.2, 0.25) is 0 Å². The molecule has 4 N–H and O–H groups in total. The number of benzene rings is 4. The zero-order valence-electron chi connectivity index (χ0n) is 39.0. The van der Waals surface area contributed by atoms with E-state index < -0.39 is 11.9 Å². The first-order valence-electron chi connectivity index (χ1n) is 21.1. The minimum atomic E-state index is -1.05. The molecule has 0 heterocycles. The molecule has 0 aromatic heterocycles. The molecule has 0 aliphatic carbocycles. The highest BCUT2D eigenvalue weighted by atomic mass is 16.6. The highest BCUT2D eigenvalue weighted by Crippen LogP contribution is 2.35. The molecule has 0 atom stereocenters. The summed E-state index contributed by atoms with van der Waals surface area (Å²) in [7, 11) is 2.98. The number of methoxy groups -OCH3 is 2. The van der Waals surface area contributed by atoms with Crippen LogP contribution in [0, 0.1) is 36.5 Å². The van der Waals surface area contributed by atoms with Gasteiger partial charge in [0.25, 0.3) is 0 Å². The monoisotopic (exact) mass is 898 g/mol. The first-order valence-corrected chi connectivity index (χ1v) is 21.1. The van der Waals surface area contributed by atoms with E-state index in [4.69, 9.17) is 38.6 Å². The Bertz CT molecular complexity index is 2360. The summed E-state index contributed by atoms with van der Waals surface area (Å²) in [6.07, 6.45) is 1.86. The number of aromatic hydroxyl groups is 2. The molecule has 4 aromatic carbocycles. The summed E-state index contributed by atoms with van der Waals surface area (Å²) in [5, 5.41) is 39.1. The summed E-state index contributed by atoms with van der Waals surface area (Å²) >= 11 is 0. The summed E-state index contributed by atoms with van der Waals surface area (Å²) < 4.78 is 32.9. The Balaban J connectivity index is 0.000000345. The third-order valence-corrected chi connectivity index (χ3v) is 9.50. The van der Waals surface area contributed by atoms with Gasteiger partial charge in [-0.05, 0) is 91.8 Å². The number of carbonyl (C=O) groups excluding carboxylic acids is 2. The lowest BCUT2D eigenvalue weighted by Crippen LogP contribution is -2.14. The van der Waals surface area contributed by atoms with Crippen molar-refractivity contribution in [2.24, 2.45) is 10.8 Å². The van der Waals surface area contributed by atoms with Gasteiger partial charge in [-0.2, -0.15) is 0 Å². The summed E-state index contributed by atoms with van der Waals surface area (Å²) in [4.78, 5) is 47.1. The van der Waals surface area contributed by atoms with Gasteiger partial charge in [-0.25, -0.2) is 9.59 Å². The van der Waals surface area contributed by atoms with E-state index in [-0.39, 0.29) is 71.4 Å². The van der Waals surface area contributed by atoms with Crippen molar-refractivity contribution in [1.82, 2.24) is 0 Å². The maximum atomic E-state index is 12.4. The van der Waals surface area contributed by atoms with Crippen molar-refractivity contribution in [2.45, 2.75) is 81.1 Å². The highest BCUT2D eigenvalue weighted by molar-refractivity contribution is 6.00. The summed E-state index contributed by atoms with van der Waals surface area (Å²) in [5.41, 5.74) is 2.09. The minimum absolute atomic E-state index is 0.0399. The molecule has 0 aliphatic heterocycles. The molecule has 0 radical (unpaired) electrons. The van der Waals surface area contributed by atoms with E-state index >= 15 is 0 Å². The number of ketones is 2. The van der Waals surface area contributed by atoms with Crippen LogP contribution in [0.3, 0.4) is 0 Å². The number of unbranched alkanes of at least 4 members (excludes halogenated alkanes) is 1. The normalized spacial score (nSPS) is 11.0. The van der Waals surface area contributed by atoms with Crippen molar-refractivity contribution in [1.29, 1.82) is 0 Å². The number of Topliss-reactive ketones (excluding diaryl/α,β-unsaturated/α-hetero) is 2. The lowest BCUT2D eigenvalue weighted by molar-refractivity contribution is 0.0684. The molecular weight excluding hydrogens is 837 g/mol. The second kappa shape index (κ2) is 24.4. The average Bonchev–Trinajstić information content (AvgIpc) is 3.23. The molecule has 0 aliphatic rings. The topological polar surface area (TPSA) is 205 Å². The van der Waals surface area contributed by atoms with E-state index in [1.807, 2.05) is 41.5 Å². The lowest BCUT2D eigenvalue weighted by atomic mass is 9.87. The Morgan fingerprint density at radius 1 is 0.554 bits per heavy atom. The van der Waals surface area contributed by atoms with Crippen LogP contribution in [0.4, 0.5) is 0 Å². The molecule has 0 saturated carbocycles. The van der Waals surface area contributed by atoms with Crippen LogP contribution in [0.1, 0.15) is 125 Å². The first-order chi connectivity index (χ1) is 30.6. The predicted molar refractivity (Wildman–Crippen MR) is 246 cm³/mol. The fourth-order valence-corrected chi connectivity index (χ4v) is 6.16. The Morgan fingerprint density at radius 2 is 0.985 bits per heavy atom. The second-order valence-corrected chi connectivity index (χ2v) is 17.4. The molecular formula is C51H62O14. The Kier molecular flexibility index (Phi) is 19.7. The van der Waals surface area contributed by atoms with Crippen LogP contribution in [0.25, 0.3) is 0 Å². The number of hydrogen-bond donors (Lipinski definition) is 4. The van der Waals surface area contributed by atoms with Crippen LogP contribution in [0.2, 0.25) is 0 Å². The van der Waals surface area contributed by atoms with Gasteiger partial charge in [-0.15, -0.1) is 0 Å². The van der Waals surface area contributed by atoms with E-state index in [1.165, 1.54) is 44.6 Å². The summed E-state index contributed by atoms with van der Waals surface area (Å²) in [6, 6.07) is 15.5. The van der Waals surface area contributed by atoms with Crippen molar-refractivity contribution >= 4 is 23.5 Å². The number of aromatic carboxylic acids is 2. The third kappa shape index (κ3) is 16.7. The summed E-state index contributed by atoms with van der Waals surface area (Å²) in [5.74, 6) is 5.86. The van der Waals surface area contributed by atoms with Gasteiger partial charge in [0.1, 0.15) is 42.0 Å². The first kappa shape index (κ1) is 52.6. The van der Waals surface area contributed by atoms with E-state index in [0.29, 0.717) is 88.9 Å². The number of phenols is 2. The molecule has 0 amide bonds. The Hall–Kier alpha value is -6.72. The third-order valence-electron chi connectivity index (χ3n) is 9.50. The number of phenolic OH excluding ortho intramolecular Hbond substituents is 2. The van der Waals surface area contributed by atoms with Gasteiger partial charge in [-0.1, -0.05) is 53.4 Å². The van der Waals surface area contributed by atoms with Gasteiger partial charge < -0.3 is 48.8 Å². The predicted octanol–water partition coefficient (Wildman–Crippen LogP) is 9.74. The molecule has 14 nitrogen and oxygen atoms in total. The SMILES string of the molecule is COc1ccc(C(=O)O)cc1C#CCCCOc1ccc(C(=O)CC(C)(C)C)c(O)c1C.COc1ccc(C(=O)O)cc1OCCOCCOc1ccc(C(=O)CC(C)(C)C)c(O)c1C. The van der Waals surface area contributed by atoms with Gasteiger partial charge in [-0.3, -0.25) is 9.59 Å². The fraction of sp³-hybridized carbons (Fsp3) is 0.412. The summed E-state index contributed by atoms with van der Waals surface area (Å²) in [6.45, 7) is 16.6. The van der Waals surface area contributed by atoms with Crippen LogP contribution < -0.4 is 23.7 Å². The largest absolute Gasteiger partial charge is 0.507 e. The zero-order valence-corrected chi connectivity index (χ0v) is 39.0. The molecule has 14 heteroatoms. The van der Waals surface area contributed by atoms with Crippen LogP contribution in [0.15, 0.2) is 60.7 Å². The number of ether oxygens (including phenoxy) is 6.